The number of primary amides is 1. The fourth-order valence-corrected chi connectivity index (χ4v) is 3.86. The smallest absolute Gasteiger partial charge is 0.254 e. The SMILES string of the molecule is COC1CCC(Nc2ncc(C(N)=O)c(N[C@@H]3CCC[C@H](O)C3)n2)CC1. The van der Waals surface area contributed by atoms with Gasteiger partial charge < -0.3 is 26.2 Å². The van der Waals surface area contributed by atoms with Crippen molar-refractivity contribution in [3.05, 3.63) is 11.8 Å². The molecule has 0 aliphatic heterocycles. The lowest BCUT2D eigenvalue weighted by atomic mass is 9.93. The minimum atomic E-state index is -0.559. The molecule has 1 heterocycles. The number of aliphatic hydroxyl groups is 1. The Balaban J connectivity index is 1.68. The Bertz CT molecular complexity index is 619. The minimum absolute atomic E-state index is 0.0803. The van der Waals surface area contributed by atoms with E-state index in [2.05, 4.69) is 20.6 Å². The Hall–Kier alpha value is -1.93. The molecule has 8 heteroatoms. The quantitative estimate of drug-likeness (QED) is 0.606. The molecule has 2 aliphatic rings. The van der Waals surface area contributed by atoms with Crippen LogP contribution in [-0.2, 0) is 4.74 Å². The number of nitrogens with one attached hydrogen (secondary N) is 2. The average molecular weight is 363 g/mol. The average Bonchev–Trinajstić information content (AvgIpc) is 2.62. The van der Waals surface area contributed by atoms with E-state index in [9.17, 15) is 9.90 Å². The number of aliphatic hydroxyl groups excluding tert-OH is 1. The van der Waals surface area contributed by atoms with Gasteiger partial charge in [-0.1, -0.05) is 0 Å². The lowest BCUT2D eigenvalue weighted by molar-refractivity contribution is 0.0681. The number of nitrogens with zero attached hydrogens (tertiary/aromatic N) is 2. The number of carbonyl (C=O) groups excluding carboxylic acids is 1. The first-order valence-corrected chi connectivity index (χ1v) is 9.46. The molecule has 3 rings (SSSR count). The van der Waals surface area contributed by atoms with Crippen molar-refractivity contribution in [2.45, 2.75) is 75.7 Å². The van der Waals surface area contributed by atoms with Crippen molar-refractivity contribution in [1.29, 1.82) is 0 Å². The maximum atomic E-state index is 11.7. The number of hydrogen-bond donors (Lipinski definition) is 4. The molecule has 8 nitrogen and oxygen atoms in total. The third kappa shape index (κ3) is 4.82. The van der Waals surface area contributed by atoms with Crippen LogP contribution in [0.1, 0.15) is 61.7 Å². The second-order valence-electron chi connectivity index (χ2n) is 7.34. The summed E-state index contributed by atoms with van der Waals surface area (Å²) in [6.07, 6.45) is 8.86. The molecule has 2 aliphatic carbocycles. The van der Waals surface area contributed by atoms with E-state index in [0.717, 1.165) is 44.9 Å². The van der Waals surface area contributed by atoms with Crippen molar-refractivity contribution < 1.29 is 14.6 Å². The van der Waals surface area contributed by atoms with Crippen molar-refractivity contribution in [1.82, 2.24) is 9.97 Å². The number of aromatic nitrogens is 2. The van der Waals surface area contributed by atoms with Crippen molar-refractivity contribution >= 4 is 17.7 Å². The number of carbonyl (C=O) groups is 1. The third-order valence-electron chi connectivity index (χ3n) is 5.38. The lowest BCUT2D eigenvalue weighted by Gasteiger charge is -2.29. The van der Waals surface area contributed by atoms with E-state index in [1.807, 2.05) is 0 Å². The van der Waals surface area contributed by atoms with Crippen LogP contribution in [0.2, 0.25) is 0 Å². The molecular weight excluding hydrogens is 334 g/mol. The molecule has 1 aromatic heterocycles. The highest BCUT2D eigenvalue weighted by atomic mass is 16.5. The van der Waals surface area contributed by atoms with Gasteiger partial charge in [-0.05, 0) is 51.4 Å². The number of amides is 1. The first-order chi connectivity index (χ1) is 12.5. The summed E-state index contributed by atoms with van der Waals surface area (Å²) in [5.74, 6) is 0.380. The molecule has 5 N–H and O–H groups in total. The summed E-state index contributed by atoms with van der Waals surface area (Å²) in [6, 6.07) is 0.377. The van der Waals surface area contributed by atoms with Crippen LogP contribution in [0.3, 0.4) is 0 Å². The van der Waals surface area contributed by atoms with Crippen LogP contribution in [0.25, 0.3) is 0 Å². The summed E-state index contributed by atoms with van der Waals surface area (Å²) < 4.78 is 5.40. The van der Waals surface area contributed by atoms with Gasteiger partial charge in [-0.25, -0.2) is 4.98 Å². The zero-order valence-electron chi connectivity index (χ0n) is 15.3. The van der Waals surface area contributed by atoms with Gasteiger partial charge in [0.25, 0.3) is 5.91 Å². The molecule has 2 fully saturated rings. The molecule has 0 radical (unpaired) electrons. The third-order valence-corrected chi connectivity index (χ3v) is 5.38. The highest BCUT2D eigenvalue weighted by molar-refractivity contribution is 5.97. The zero-order valence-corrected chi connectivity index (χ0v) is 15.3. The van der Waals surface area contributed by atoms with Crippen LogP contribution in [0.5, 0.6) is 0 Å². The Kier molecular flexibility index (Phi) is 6.26. The van der Waals surface area contributed by atoms with Crippen LogP contribution in [-0.4, -0.2) is 52.4 Å². The molecule has 0 saturated heterocycles. The number of rotatable bonds is 6. The number of nitrogens with two attached hydrogens (primary N) is 1. The van der Waals surface area contributed by atoms with Gasteiger partial charge in [-0.15, -0.1) is 0 Å². The molecule has 144 valence electrons. The summed E-state index contributed by atoms with van der Waals surface area (Å²) in [4.78, 5) is 20.5. The van der Waals surface area contributed by atoms with Crippen LogP contribution in [0.4, 0.5) is 11.8 Å². The molecule has 2 atom stereocenters. The van der Waals surface area contributed by atoms with Gasteiger partial charge in [-0.2, -0.15) is 4.98 Å². The van der Waals surface area contributed by atoms with Crippen LogP contribution < -0.4 is 16.4 Å². The Morgan fingerprint density at radius 1 is 1.19 bits per heavy atom. The van der Waals surface area contributed by atoms with E-state index >= 15 is 0 Å². The predicted molar refractivity (Wildman–Crippen MR) is 99.1 cm³/mol. The Morgan fingerprint density at radius 2 is 1.96 bits per heavy atom. The summed E-state index contributed by atoms with van der Waals surface area (Å²) in [6.45, 7) is 0. The highest BCUT2D eigenvalue weighted by Gasteiger charge is 2.24. The minimum Gasteiger partial charge on any atom is -0.393 e. The Morgan fingerprint density at radius 3 is 2.62 bits per heavy atom. The van der Waals surface area contributed by atoms with Gasteiger partial charge in [0.15, 0.2) is 0 Å². The number of hydrogen-bond acceptors (Lipinski definition) is 7. The van der Waals surface area contributed by atoms with Crippen molar-refractivity contribution in [3.63, 3.8) is 0 Å². The fourth-order valence-electron chi connectivity index (χ4n) is 3.86. The maximum absolute atomic E-state index is 11.7. The van der Waals surface area contributed by atoms with E-state index in [4.69, 9.17) is 10.5 Å². The molecule has 1 aromatic rings. The van der Waals surface area contributed by atoms with Gasteiger partial charge in [0.2, 0.25) is 5.95 Å². The van der Waals surface area contributed by atoms with Crippen molar-refractivity contribution in [2.24, 2.45) is 5.73 Å². The fraction of sp³-hybridized carbons (Fsp3) is 0.722. The lowest BCUT2D eigenvalue weighted by Crippen LogP contribution is -2.32. The number of methoxy groups -OCH3 is 1. The predicted octanol–water partition coefficient (Wildman–Crippen LogP) is 1.66. The molecule has 2 saturated carbocycles. The Labute approximate surface area is 153 Å². The van der Waals surface area contributed by atoms with Crippen molar-refractivity contribution in [2.75, 3.05) is 17.7 Å². The van der Waals surface area contributed by atoms with Crippen LogP contribution in [0, 0.1) is 0 Å². The van der Waals surface area contributed by atoms with Gasteiger partial charge in [0.05, 0.1) is 17.8 Å². The highest BCUT2D eigenvalue weighted by Crippen LogP contribution is 2.25. The van der Waals surface area contributed by atoms with E-state index < -0.39 is 5.91 Å². The second-order valence-corrected chi connectivity index (χ2v) is 7.34. The zero-order chi connectivity index (χ0) is 18.5. The number of anilines is 2. The summed E-state index contributed by atoms with van der Waals surface area (Å²) in [5.41, 5.74) is 5.75. The van der Waals surface area contributed by atoms with E-state index in [1.54, 1.807) is 7.11 Å². The first kappa shape index (κ1) is 18.8. The number of ether oxygens (including phenoxy) is 1. The topological polar surface area (TPSA) is 122 Å². The van der Waals surface area contributed by atoms with Gasteiger partial charge in [0, 0.05) is 25.4 Å². The van der Waals surface area contributed by atoms with Gasteiger partial charge in [-0.3, -0.25) is 4.79 Å². The van der Waals surface area contributed by atoms with E-state index in [0.29, 0.717) is 30.3 Å². The van der Waals surface area contributed by atoms with Crippen LogP contribution >= 0.6 is 0 Å². The summed E-state index contributed by atoms with van der Waals surface area (Å²) in [5, 5.41) is 16.5. The van der Waals surface area contributed by atoms with Gasteiger partial charge >= 0.3 is 0 Å². The largest absolute Gasteiger partial charge is 0.393 e. The molecular formula is C18H29N5O3. The molecule has 0 spiro atoms. The van der Waals surface area contributed by atoms with E-state index in [1.165, 1.54) is 6.20 Å². The maximum Gasteiger partial charge on any atom is 0.254 e. The molecule has 26 heavy (non-hydrogen) atoms. The van der Waals surface area contributed by atoms with Crippen LogP contribution in [0.15, 0.2) is 6.20 Å². The van der Waals surface area contributed by atoms with Gasteiger partial charge in [0.1, 0.15) is 5.82 Å². The molecule has 0 bridgehead atoms. The second kappa shape index (κ2) is 8.64. The molecule has 0 unspecified atom stereocenters. The standard InChI is InChI=1S/C18H29N5O3/c1-26-14-7-5-11(6-8-14)22-18-20-10-15(16(19)25)17(23-18)21-12-3-2-4-13(24)9-12/h10-14,24H,2-9H2,1H3,(H2,19,25)(H2,20,21,22,23)/t11?,12-,13+,14?/m1/s1. The first-order valence-electron chi connectivity index (χ1n) is 9.46. The monoisotopic (exact) mass is 363 g/mol. The summed E-state index contributed by atoms with van der Waals surface area (Å²) >= 11 is 0. The summed E-state index contributed by atoms with van der Waals surface area (Å²) in [7, 11) is 1.75. The van der Waals surface area contributed by atoms with E-state index in [-0.39, 0.29) is 17.7 Å². The molecule has 0 aromatic carbocycles. The van der Waals surface area contributed by atoms with Crippen molar-refractivity contribution in [3.8, 4) is 0 Å². The normalized spacial score (nSPS) is 29.2. The molecule has 1 amide bonds.